The maximum Gasteiger partial charge on any atom is 0.0591 e. The van der Waals surface area contributed by atoms with E-state index in [-0.39, 0.29) is 0 Å². The molecule has 0 rings (SSSR count). The van der Waals surface area contributed by atoms with E-state index in [0.717, 1.165) is 26.2 Å². The van der Waals surface area contributed by atoms with E-state index in [1.165, 1.54) is 103 Å². The van der Waals surface area contributed by atoms with Gasteiger partial charge in [0, 0.05) is 13.1 Å². The molecule has 188 valence electrons. The van der Waals surface area contributed by atoms with E-state index in [9.17, 15) is 0 Å². The second kappa shape index (κ2) is 23.1. The van der Waals surface area contributed by atoms with E-state index >= 15 is 0 Å². The van der Waals surface area contributed by atoms with Crippen LogP contribution < -0.4 is 0 Å². The summed E-state index contributed by atoms with van der Waals surface area (Å²) in [5.41, 5.74) is 0. The van der Waals surface area contributed by atoms with Gasteiger partial charge in [0.25, 0.3) is 0 Å². The summed E-state index contributed by atoms with van der Waals surface area (Å²) in [6.07, 6.45) is 19.4. The monoisotopic (exact) mass is 440 g/mol. The fourth-order valence-corrected chi connectivity index (χ4v) is 4.52. The molecule has 2 atom stereocenters. The number of ether oxygens (including phenoxy) is 1. The van der Waals surface area contributed by atoms with Gasteiger partial charge < -0.3 is 14.5 Å². The molecule has 0 radical (unpaired) electrons. The number of rotatable bonds is 24. The minimum absolute atomic E-state index is 0.444. The van der Waals surface area contributed by atoms with Gasteiger partial charge in [0.2, 0.25) is 0 Å². The molecule has 0 heterocycles. The average molecular weight is 441 g/mol. The first kappa shape index (κ1) is 30.9. The first-order valence-corrected chi connectivity index (χ1v) is 14.2. The van der Waals surface area contributed by atoms with Crippen LogP contribution in [0.5, 0.6) is 0 Å². The lowest BCUT2D eigenvalue weighted by molar-refractivity contribution is -0.0369. The molecule has 0 N–H and O–H groups in total. The van der Waals surface area contributed by atoms with Crippen LogP contribution in [0.25, 0.3) is 0 Å². The molecule has 0 aliphatic carbocycles. The van der Waals surface area contributed by atoms with Crippen LogP contribution in [0.4, 0.5) is 0 Å². The standard InChI is InChI=1S/C28H60N2O/c1-7-13-15-17-19-21-27(23-25-29(9-3)10-4)31-28(22-20-18-16-14-8-2)24-26-30(11-5)12-6/h27-28H,7-26H2,1-6H3. The summed E-state index contributed by atoms with van der Waals surface area (Å²) in [6.45, 7) is 20.7. The Morgan fingerprint density at radius 3 is 1.13 bits per heavy atom. The summed E-state index contributed by atoms with van der Waals surface area (Å²) < 4.78 is 6.89. The van der Waals surface area contributed by atoms with Crippen molar-refractivity contribution in [3.8, 4) is 0 Å². The molecule has 3 heteroatoms. The van der Waals surface area contributed by atoms with Crippen LogP contribution in [-0.2, 0) is 4.74 Å². The Balaban J connectivity index is 4.80. The highest BCUT2D eigenvalue weighted by atomic mass is 16.5. The van der Waals surface area contributed by atoms with E-state index in [1.54, 1.807) is 0 Å². The van der Waals surface area contributed by atoms with E-state index in [1.807, 2.05) is 0 Å². The Kier molecular flexibility index (Phi) is 23.0. The second-order valence-corrected chi connectivity index (χ2v) is 9.42. The van der Waals surface area contributed by atoms with E-state index in [4.69, 9.17) is 4.74 Å². The van der Waals surface area contributed by atoms with Gasteiger partial charge in [-0.25, -0.2) is 0 Å². The third-order valence-electron chi connectivity index (χ3n) is 6.97. The van der Waals surface area contributed by atoms with Crippen LogP contribution in [-0.4, -0.2) is 61.3 Å². The molecule has 0 spiro atoms. The van der Waals surface area contributed by atoms with Gasteiger partial charge >= 0.3 is 0 Å². The van der Waals surface area contributed by atoms with Crippen molar-refractivity contribution in [3.05, 3.63) is 0 Å². The topological polar surface area (TPSA) is 15.7 Å². The number of nitrogens with zero attached hydrogens (tertiary/aromatic N) is 2. The van der Waals surface area contributed by atoms with Crippen molar-refractivity contribution in [1.29, 1.82) is 0 Å². The molecular formula is C28H60N2O. The average Bonchev–Trinajstić information content (AvgIpc) is 2.79. The van der Waals surface area contributed by atoms with Gasteiger partial charge in [-0.2, -0.15) is 0 Å². The van der Waals surface area contributed by atoms with Crippen molar-refractivity contribution in [2.24, 2.45) is 0 Å². The SMILES string of the molecule is CCCCCCCC(CCN(CC)CC)OC(CCCCCCC)CCN(CC)CC. The molecular weight excluding hydrogens is 380 g/mol. The van der Waals surface area contributed by atoms with E-state index in [0.29, 0.717) is 12.2 Å². The largest absolute Gasteiger partial charge is 0.375 e. The molecule has 0 aromatic carbocycles. The second-order valence-electron chi connectivity index (χ2n) is 9.42. The number of hydrogen-bond donors (Lipinski definition) is 0. The maximum absolute atomic E-state index is 6.89. The maximum atomic E-state index is 6.89. The van der Waals surface area contributed by atoms with Crippen molar-refractivity contribution in [2.45, 2.75) is 144 Å². The summed E-state index contributed by atoms with van der Waals surface area (Å²) in [5, 5.41) is 0. The Labute approximate surface area is 197 Å². The minimum Gasteiger partial charge on any atom is -0.375 e. The summed E-state index contributed by atoms with van der Waals surface area (Å²) >= 11 is 0. The van der Waals surface area contributed by atoms with Crippen LogP contribution in [0, 0.1) is 0 Å². The fourth-order valence-electron chi connectivity index (χ4n) is 4.52. The van der Waals surface area contributed by atoms with Crippen molar-refractivity contribution in [2.75, 3.05) is 39.3 Å². The highest BCUT2D eigenvalue weighted by molar-refractivity contribution is 4.69. The summed E-state index contributed by atoms with van der Waals surface area (Å²) in [4.78, 5) is 5.12. The van der Waals surface area contributed by atoms with Crippen LogP contribution in [0.1, 0.15) is 131 Å². The molecule has 0 fully saturated rings. The lowest BCUT2D eigenvalue weighted by Crippen LogP contribution is -2.32. The lowest BCUT2D eigenvalue weighted by Gasteiger charge is -2.29. The molecule has 0 saturated carbocycles. The fraction of sp³-hybridized carbons (Fsp3) is 1.00. The quantitative estimate of drug-likeness (QED) is 0.142. The molecule has 3 nitrogen and oxygen atoms in total. The molecule has 0 saturated heterocycles. The predicted octanol–water partition coefficient (Wildman–Crippen LogP) is 7.93. The van der Waals surface area contributed by atoms with Crippen LogP contribution in [0.15, 0.2) is 0 Å². The highest BCUT2D eigenvalue weighted by Gasteiger charge is 2.18. The van der Waals surface area contributed by atoms with Gasteiger partial charge in [-0.15, -0.1) is 0 Å². The molecule has 2 unspecified atom stereocenters. The highest BCUT2D eigenvalue weighted by Crippen LogP contribution is 2.20. The lowest BCUT2D eigenvalue weighted by atomic mass is 10.0. The van der Waals surface area contributed by atoms with Crippen LogP contribution in [0.3, 0.4) is 0 Å². The summed E-state index contributed by atoms with van der Waals surface area (Å²) in [5.74, 6) is 0. The minimum atomic E-state index is 0.444. The molecule has 0 aliphatic heterocycles. The third kappa shape index (κ3) is 18.0. The summed E-state index contributed by atoms with van der Waals surface area (Å²) in [7, 11) is 0. The van der Waals surface area contributed by atoms with Crippen molar-refractivity contribution >= 4 is 0 Å². The molecule has 0 aliphatic rings. The molecule has 0 aromatic rings. The van der Waals surface area contributed by atoms with E-state index < -0.39 is 0 Å². The third-order valence-corrected chi connectivity index (χ3v) is 6.97. The zero-order chi connectivity index (χ0) is 23.2. The van der Waals surface area contributed by atoms with Gasteiger partial charge in [0.15, 0.2) is 0 Å². The van der Waals surface area contributed by atoms with Gasteiger partial charge in [0.05, 0.1) is 12.2 Å². The molecule has 0 amide bonds. The van der Waals surface area contributed by atoms with Gasteiger partial charge in [-0.05, 0) is 51.9 Å². The Hall–Kier alpha value is -0.120. The van der Waals surface area contributed by atoms with Crippen LogP contribution >= 0.6 is 0 Å². The number of hydrogen-bond acceptors (Lipinski definition) is 3. The molecule has 31 heavy (non-hydrogen) atoms. The molecule has 0 aromatic heterocycles. The first-order chi connectivity index (χ1) is 15.1. The summed E-state index contributed by atoms with van der Waals surface area (Å²) in [6, 6.07) is 0. The molecule has 0 bridgehead atoms. The van der Waals surface area contributed by atoms with Gasteiger partial charge in [-0.3, -0.25) is 0 Å². The Morgan fingerprint density at radius 2 is 0.806 bits per heavy atom. The zero-order valence-corrected chi connectivity index (χ0v) is 22.6. The van der Waals surface area contributed by atoms with Gasteiger partial charge in [0.1, 0.15) is 0 Å². The Bertz CT molecular complexity index is 310. The predicted molar refractivity (Wildman–Crippen MR) is 140 cm³/mol. The number of unbranched alkanes of at least 4 members (excludes halogenated alkanes) is 8. The normalized spacial score (nSPS) is 13.9. The van der Waals surface area contributed by atoms with Gasteiger partial charge in [-0.1, -0.05) is 106 Å². The van der Waals surface area contributed by atoms with Crippen molar-refractivity contribution < 1.29 is 4.74 Å². The van der Waals surface area contributed by atoms with Crippen LogP contribution in [0.2, 0.25) is 0 Å². The van der Waals surface area contributed by atoms with E-state index in [2.05, 4.69) is 51.3 Å². The smallest absolute Gasteiger partial charge is 0.0591 e. The van der Waals surface area contributed by atoms with Crippen molar-refractivity contribution in [1.82, 2.24) is 9.80 Å². The van der Waals surface area contributed by atoms with Crippen molar-refractivity contribution in [3.63, 3.8) is 0 Å². The Morgan fingerprint density at radius 1 is 0.452 bits per heavy atom. The first-order valence-electron chi connectivity index (χ1n) is 14.2. The zero-order valence-electron chi connectivity index (χ0n) is 22.6.